The van der Waals surface area contributed by atoms with Crippen molar-refractivity contribution in [2.75, 3.05) is 0 Å². The van der Waals surface area contributed by atoms with Crippen LogP contribution in [-0.2, 0) is 0 Å². The van der Waals surface area contributed by atoms with Gasteiger partial charge in [-0.15, -0.1) is 5.92 Å². The molecule has 0 aromatic rings. The second-order valence-electron chi connectivity index (χ2n) is 10.7. The zero-order valence-corrected chi connectivity index (χ0v) is 18.7. The first-order chi connectivity index (χ1) is 13.6. The fourth-order valence-electron chi connectivity index (χ4n) is 6.32. The Morgan fingerprint density at radius 2 is 1.86 bits per heavy atom. The Bertz CT molecular complexity index is 690. The first kappa shape index (κ1) is 22.6. The zero-order chi connectivity index (χ0) is 21.2. The Kier molecular flexibility index (Phi) is 6.99. The van der Waals surface area contributed by atoms with Crippen LogP contribution < -0.4 is 0 Å². The van der Waals surface area contributed by atoms with Crippen LogP contribution in [0.15, 0.2) is 23.3 Å². The molecule has 3 rings (SSSR count). The van der Waals surface area contributed by atoms with E-state index < -0.39 is 17.8 Å². The molecule has 0 aromatic heterocycles. The number of rotatable bonds is 3. The maximum atomic E-state index is 9.95. The third kappa shape index (κ3) is 5.54. The van der Waals surface area contributed by atoms with Gasteiger partial charge in [-0.3, -0.25) is 0 Å². The van der Waals surface area contributed by atoms with E-state index in [0.717, 1.165) is 6.42 Å². The molecule has 0 bridgehead atoms. The molecule has 3 N–H and O–H groups in total. The molecular formula is C26H40O3. The van der Waals surface area contributed by atoms with Crippen molar-refractivity contribution in [2.24, 2.45) is 23.2 Å². The van der Waals surface area contributed by atoms with Crippen LogP contribution in [0.4, 0.5) is 0 Å². The number of hydrogen-bond acceptors (Lipinski definition) is 3. The van der Waals surface area contributed by atoms with Gasteiger partial charge in [0.1, 0.15) is 5.60 Å². The lowest BCUT2D eigenvalue weighted by atomic mass is 9.61. The largest absolute Gasteiger partial charge is 0.393 e. The van der Waals surface area contributed by atoms with Crippen LogP contribution in [0.2, 0.25) is 0 Å². The average Bonchev–Trinajstić information content (AvgIpc) is 2.95. The van der Waals surface area contributed by atoms with Gasteiger partial charge in [0.15, 0.2) is 0 Å². The van der Waals surface area contributed by atoms with E-state index >= 15 is 0 Å². The van der Waals surface area contributed by atoms with Gasteiger partial charge in [-0.2, -0.15) is 0 Å². The molecule has 3 aliphatic rings. The predicted octanol–water partition coefficient (Wildman–Crippen LogP) is 4.76. The van der Waals surface area contributed by atoms with Gasteiger partial charge >= 0.3 is 0 Å². The summed E-state index contributed by atoms with van der Waals surface area (Å²) in [5.41, 5.74) is 2.18. The minimum absolute atomic E-state index is 0.337. The van der Waals surface area contributed by atoms with E-state index in [4.69, 9.17) is 0 Å². The summed E-state index contributed by atoms with van der Waals surface area (Å²) in [5.74, 6) is 8.07. The van der Waals surface area contributed by atoms with E-state index in [2.05, 4.69) is 37.8 Å². The molecule has 3 nitrogen and oxygen atoms in total. The second kappa shape index (κ2) is 8.96. The Morgan fingerprint density at radius 1 is 1.17 bits per heavy atom. The molecule has 0 spiro atoms. The summed E-state index contributed by atoms with van der Waals surface area (Å²) in [6, 6.07) is 0. The van der Waals surface area contributed by atoms with Crippen molar-refractivity contribution in [3.05, 3.63) is 23.3 Å². The number of fused-ring (bicyclic) bond motifs is 1. The highest BCUT2D eigenvalue weighted by atomic mass is 16.3. The van der Waals surface area contributed by atoms with Crippen molar-refractivity contribution >= 4 is 0 Å². The lowest BCUT2D eigenvalue weighted by Crippen LogP contribution is -2.36. The summed E-state index contributed by atoms with van der Waals surface area (Å²) < 4.78 is 0. The normalized spacial score (nSPS) is 37.6. The smallest absolute Gasteiger partial charge is 0.119 e. The number of aliphatic hydroxyl groups excluding tert-OH is 2. The lowest BCUT2D eigenvalue weighted by Gasteiger charge is -2.44. The van der Waals surface area contributed by atoms with E-state index in [1.807, 2.05) is 0 Å². The molecule has 3 saturated carbocycles. The maximum absolute atomic E-state index is 9.95. The van der Waals surface area contributed by atoms with Gasteiger partial charge in [-0.25, -0.2) is 0 Å². The summed E-state index contributed by atoms with van der Waals surface area (Å²) in [4.78, 5) is 0. The number of aliphatic hydroxyl groups is 3. The van der Waals surface area contributed by atoms with Crippen LogP contribution in [-0.4, -0.2) is 33.1 Å². The molecule has 3 aliphatic carbocycles. The topological polar surface area (TPSA) is 60.7 Å². The van der Waals surface area contributed by atoms with E-state index in [9.17, 15) is 15.3 Å². The maximum Gasteiger partial charge on any atom is 0.119 e. The van der Waals surface area contributed by atoms with Crippen LogP contribution >= 0.6 is 0 Å². The van der Waals surface area contributed by atoms with Gasteiger partial charge in [0.2, 0.25) is 0 Å². The Hall–Kier alpha value is -1.08. The molecule has 3 fully saturated rings. The van der Waals surface area contributed by atoms with E-state index in [0.29, 0.717) is 42.4 Å². The lowest BCUT2D eigenvalue weighted by molar-refractivity contribution is 0.0609. The first-order valence-corrected chi connectivity index (χ1v) is 11.6. The quantitative estimate of drug-likeness (QED) is 0.599. The Morgan fingerprint density at radius 3 is 2.52 bits per heavy atom. The molecule has 29 heavy (non-hydrogen) atoms. The van der Waals surface area contributed by atoms with Crippen LogP contribution in [0.5, 0.6) is 0 Å². The molecule has 0 aliphatic heterocycles. The third-order valence-corrected chi connectivity index (χ3v) is 7.62. The molecule has 6 atom stereocenters. The van der Waals surface area contributed by atoms with Crippen LogP contribution in [0, 0.1) is 35.0 Å². The first-order valence-electron chi connectivity index (χ1n) is 11.6. The predicted molar refractivity (Wildman–Crippen MR) is 118 cm³/mol. The molecular weight excluding hydrogens is 360 g/mol. The van der Waals surface area contributed by atoms with Gasteiger partial charge in [0.25, 0.3) is 0 Å². The molecule has 3 heteroatoms. The molecule has 162 valence electrons. The van der Waals surface area contributed by atoms with Gasteiger partial charge in [-0.05, 0) is 88.4 Å². The average molecular weight is 401 g/mol. The van der Waals surface area contributed by atoms with Crippen LogP contribution in [0.1, 0.15) is 85.5 Å². The fraction of sp³-hybridized carbons (Fsp3) is 0.769. The summed E-state index contributed by atoms with van der Waals surface area (Å²) in [6.07, 6.45) is 12.7. The molecule has 0 radical (unpaired) electrons. The highest BCUT2D eigenvalue weighted by Crippen LogP contribution is 2.59. The highest BCUT2D eigenvalue weighted by molar-refractivity contribution is 5.26. The second-order valence-corrected chi connectivity index (χ2v) is 10.7. The zero-order valence-electron chi connectivity index (χ0n) is 18.7. The summed E-state index contributed by atoms with van der Waals surface area (Å²) in [6.45, 7) is 8.31. The molecule has 0 aromatic carbocycles. The molecule has 0 saturated heterocycles. The molecule has 0 heterocycles. The van der Waals surface area contributed by atoms with Crippen molar-refractivity contribution in [2.45, 2.75) is 103 Å². The Balaban J connectivity index is 1.71. The third-order valence-electron chi connectivity index (χ3n) is 7.62. The number of hydrogen-bond donors (Lipinski definition) is 3. The monoisotopic (exact) mass is 400 g/mol. The van der Waals surface area contributed by atoms with Gasteiger partial charge in [0, 0.05) is 6.42 Å². The summed E-state index contributed by atoms with van der Waals surface area (Å²) in [7, 11) is 0. The Labute approximate surface area is 177 Å². The minimum atomic E-state index is -0.906. The van der Waals surface area contributed by atoms with Crippen molar-refractivity contribution < 1.29 is 15.3 Å². The van der Waals surface area contributed by atoms with Gasteiger partial charge in [-0.1, -0.05) is 43.1 Å². The molecule has 6 unspecified atom stereocenters. The SMILES string of the molecule is CC(CC#CC(C)(C)O)C1CCC2C(=CC=C3CC(O)CC(O)C3)CCCC21C. The van der Waals surface area contributed by atoms with Crippen LogP contribution in [0.25, 0.3) is 0 Å². The van der Waals surface area contributed by atoms with E-state index in [1.165, 1.54) is 37.7 Å². The van der Waals surface area contributed by atoms with Crippen molar-refractivity contribution in [3.8, 4) is 11.8 Å². The summed E-state index contributed by atoms with van der Waals surface area (Å²) in [5, 5.41) is 29.7. The number of allylic oxidation sites excluding steroid dienone is 3. The standard InChI is InChI=1S/C26H40O3/c1-18(7-5-13-25(2,3)29)23-11-12-24-20(8-6-14-26(23,24)4)10-9-19-15-21(27)17-22(28)16-19/h9-10,18,21-24,27-29H,6-8,11-12,14-17H2,1-4H3. The fourth-order valence-corrected chi connectivity index (χ4v) is 6.32. The van der Waals surface area contributed by atoms with E-state index in [-0.39, 0.29) is 0 Å². The van der Waals surface area contributed by atoms with Gasteiger partial charge in [0.05, 0.1) is 12.2 Å². The minimum Gasteiger partial charge on any atom is -0.393 e. The van der Waals surface area contributed by atoms with E-state index in [1.54, 1.807) is 19.4 Å². The summed E-state index contributed by atoms with van der Waals surface area (Å²) >= 11 is 0. The van der Waals surface area contributed by atoms with Crippen molar-refractivity contribution in [1.29, 1.82) is 0 Å². The van der Waals surface area contributed by atoms with Crippen LogP contribution in [0.3, 0.4) is 0 Å². The van der Waals surface area contributed by atoms with Gasteiger partial charge < -0.3 is 15.3 Å². The molecule has 0 amide bonds. The van der Waals surface area contributed by atoms with Crippen molar-refractivity contribution in [3.63, 3.8) is 0 Å². The van der Waals surface area contributed by atoms with Crippen molar-refractivity contribution in [1.82, 2.24) is 0 Å². The highest BCUT2D eigenvalue weighted by Gasteiger charge is 2.50.